The number of allylic oxidation sites excluding steroid dienone is 2. The van der Waals surface area contributed by atoms with Crippen molar-refractivity contribution in [3.05, 3.63) is 111 Å². The van der Waals surface area contributed by atoms with Crippen LogP contribution in [0.3, 0.4) is 0 Å². The molecule has 0 unspecified atom stereocenters. The third-order valence-corrected chi connectivity index (χ3v) is 7.98. The number of rotatable bonds is 5. The van der Waals surface area contributed by atoms with E-state index in [1.54, 1.807) is 24.3 Å². The van der Waals surface area contributed by atoms with Gasteiger partial charge in [-0.15, -0.1) is 11.3 Å². The molecule has 2 N–H and O–H groups in total. The van der Waals surface area contributed by atoms with Crippen molar-refractivity contribution in [3.63, 3.8) is 0 Å². The van der Waals surface area contributed by atoms with Crippen molar-refractivity contribution in [3.8, 4) is 0 Å². The number of halogens is 1. The summed E-state index contributed by atoms with van der Waals surface area (Å²) in [6.45, 7) is 0. The minimum Gasteiger partial charge on any atom is -0.468 e. The number of carbonyl (C=O) groups is 3. The van der Waals surface area contributed by atoms with Gasteiger partial charge in [0.05, 0.1) is 31.4 Å². The minimum atomic E-state index is -1.16. The van der Waals surface area contributed by atoms with Crippen LogP contribution in [0.5, 0.6) is 0 Å². The van der Waals surface area contributed by atoms with Crippen molar-refractivity contribution in [1.29, 1.82) is 0 Å². The fourth-order valence-electron chi connectivity index (χ4n) is 5.40. The topological polar surface area (TPSA) is 98.9 Å². The SMILES string of the molecule is COC(=O)C1=C(N)N(c2ccccc2F)C2=C(C(=O)[C@@H](C(=O)OC)[C@H](c3ccccc3)C2)[C@@H]1c1cccs1. The average Bonchev–Trinajstić information content (AvgIpc) is 3.47. The summed E-state index contributed by atoms with van der Waals surface area (Å²) in [4.78, 5) is 42.8. The first-order valence-corrected chi connectivity index (χ1v) is 12.8. The van der Waals surface area contributed by atoms with E-state index in [0.717, 1.165) is 5.56 Å². The molecule has 0 amide bonds. The van der Waals surface area contributed by atoms with E-state index in [1.807, 2.05) is 35.7 Å². The Bertz CT molecular complexity index is 1470. The lowest BCUT2D eigenvalue weighted by Crippen LogP contribution is -2.46. The highest BCUT2D eigenvalue weighted by molar-refractivity contribution is 7.10. The molecule has 2 aliphatic rings. The Hall–Kier alpha value is -4.24. The number of anilines is 1. The lowest BCUT2D eigenvalue weighted by atomic mass is 9.68. The Kier molecular flexibility index (Phi) is 6.86. The molecular formula is C29H25FN2O5S. The molecule has 7 nitrogen and oxygen atoms in total. The van der Waals surface area contributed by atoms with Crippen molar-refractivity contribution in [1.82, 2.24) is 0 Å². The first kappa shape index (κ1) is 25.4. The number of nitrogens with two attached hydrogens (primary N) is 1. The summed E-state index contributed by atoms with van der Waals surface area (Å²) in [7, 11) is 2.46. The second-order valence-corrected chi connectivity index (χ2v) is 9.95. The second-order valence-electron chi connectivity index (χ2n) is 8.97. The van der Waals surface area contributed by atoms with Crippen LogP contribution in [0.2, 0.25) is 0 Å². The Morgan fingerprint density at radius 2 is 1.71 bits per heavy atom. The van der Waals surface area contributed by atoms with E-state index in [9.17, 15) is 14.4 Å². The molecule has 0 saturated carbocycles. The molecule has 0 bridgehead atoms. The fourth-order valence-corrected chi connectivity index (χ4v) is 6.24. The molecule has 1 aromatic heterocycles. The highest BCUT2D eigenvalue weighted by Gasteiger charge is 2.51. The van der Waals surface area contributed by atoms with Gasteiger partial charge in [-0.2, -0.15) is 0 Å². The van der Waals surface area contributed by atoms with Gasteiger partial charge in [0.1, 0.15) is 17.6 Å². The molecular weight excluding hydrogens is 507 g/mol. The molecule has 2 aromatic carbocycles. The van der Waals surface area contributed by atoms with E-state index in [2.05, 4.69) is 0 Å². The average molecular weight is 533 g/mol. The number of hydrogen-bond acceptors (Lipinski definition) is 8. The molecule has 3 atom stereocenters. The van der Waals surface area contributed by atoms with E-state index in [1.165, 1.54) is 42.6 Å². The van der Waals surface area contributed by atoms with Gasteiger partial charge in [-0.25, -0.2) is 9.18 Å². The number of nitrogens with zero attached hydrogens (tertiary/aromatic N) is 1. The van der Waals surface area contributed by atoms with Gasteiger partial charge >= 0.3 is 11.9 Å². The van der Waals surface area contributed by atoms with Crippen LogP contribution in [0.4, 0.5) is 10.1 Å². The second kappa shape index (κ2) is 10.3. The molecule has 3 aromatic rings. The minimum absolute atomic E-state index is 0.00656. The molecule has 2 heterocycles. The number of thiophene rings is 1. The molecule has 0 saturated heterocycles. The summed E-state index contributed by atoms with van der Waals surface area (Å²) >= 11 is 1.34. The zero-order chi connectivity index (χ0) is 27.0. The van der Waals surface area contributed by atoms with Crippen LogP contribution in [-0.4, -0.2) is 31.9 Å². The number of esters is 2. The number of para-hydroxylation sites is 1. The Morgan fingerprint density at radius 1 is 1.00 bits per heavy atom. The Balaban J connectivity index is 1.83. The predicted molar refractivity (Wildman–Crippen MR) is 141 cm³/mol. The Morgan fingerprint density at radius 3 is 2.34 bits per heavy atom. The van der Waals surface area contributed by atoms with Gasteiger partial charge in [0, 0.05) is 22.1 Å². The third kappa shape index (κ3) is 4.09. The van der Waals surface area contributed by atoms with E-state index < -0.39 is 41.3 Å². The van der Waals surface area contributed by atoms with Crippen LogP contribution in [0.1, 0.15) is 28.7 Å². The van der Waals surface area contributed by atoms with Crippen molar-refractivity contribution in [2.75, 3.05) is 19.1 Å². The van der Waals surface area contributed by atoms with Crippen molar-refractivity contribution in [2.45, 2.75) is 18.3 Å². The van der Waals surface area contributed by atoms with Crippen molar-refractivity contribution >= 4 is 34.7 Å². The summed E-state index contributed by atoms with van der Waals surface area (Å²) in [5.74, 6) is -5.20. The first-order chi connectivity index (χ1) is 18.4. The van der Waals surface area contributed by atoms with Crippen LogP contribution in [0.25, 0.3) is 0 Å². The largest absolute Gasteiger partial charge is 0.468 e. The van der Waals surface area contributed by atoms with Crippen molar-refractivity contribution in [2.24, 2.45) is 11.7 Å². The van der Waals surface area contributed by atoms with Gasteiger partial charge in [-0.05, 0) is 35.6 Å². The van der Waals surface area contributed by atoms with Crippen molar-refractivity contribution < 1.29 is 28.2 Å². The third-order valence-electron chi connectivity index (χ3n) is 7.05. The summed E-state index contributed by atoms with van der Waals surface area (Å²) in [6.07, 6.45) is 0.177. The molecule has 0 spiro atoms. The zero-order valence-electron chi connectivity index (χ0n) is 20.7. The van der Waals surface area contributed by atoms with Crippen LogP contribution in [0, 0.1) is 11.7 Å². The standard InChI is InChI=1S/C29H25FN2O5S/c1-36-28(34)22-17(16-9-4-3-5-10-16)15-20-23(26(22)33)24(21-13-8-14-38-21)25(29(35)37-2)27(31)32(20)19-12-7-6-11-18(19)30/h3-14,17,22,24H,15,31H2,1-2H3/t17-,22-,24-/m0/s1. The number of ketones is 1. The number of hydrogen-bond donors (Lipinski definition) is 1. The molecule has 0 radical (unpaired) electrons. The molecule has 1 aliphatic heterocycles. The van der Waals surface area contributed by atoms with Gasteiger partial charge in [0.2, 0.25) is 0 Å². The number of benzene rings is 2. The van der Waals surface area contributed by atoms with Gasteiger partial charge in [0.25, 0.3) is 0 Å². The summed E-state index contributed by atoms with van der Waals surface area (Å²) < 4.78 is 25.4. The summed E-state index contributed by atoms with van der Waals surface area (Å²) in [5.41, 5.74) is 8.13. The lowest BCUT2D eigenvalue weighted by Gasteiger charge is -2.43. The maximum atomic E-state index is 15.2. The summed E-state index contributed by atoms with van der Waals surface area (Å²) in [5, 5.41) is 1.82. The molecule has 9 heteroatoms. The maximum absolute atomic E-state index is 15.2. The molecule has 0 fully saturated rings. The number of methoxy groups -OCH3 is 2. The van der Waals surface area contributed by atoms with E-state index in [0.29, 0.717) is 10.6 Å². The monoisotopic (exact) mass is 532 g/mol. The predicted octanol–water partition coefficient (Wildman–Crippen LogP) is 4.63. The van der Waals surface area contributed by atoms with E-state index >= 15 is 4.39 Å². The lowest BCUT2D eigenvalue weighted by molar-refractivity contribution is -0.150. The molecule has 1 aliphatic carbocycles. The molecule has 38 heavy (non-hydrogen) atoms. The molecule has 5 rings (SSSR count). The van der Waals surface area contributed by atoms with Gasteiger partial charge < -0.3 is 15.2 Å². The normalized spacial score (nSPS) is 21.3. The molecule has 194 valence electrons. The van der Waals surface area contributed by atoms with Crippen LogP contribution in [0.15, 0.2) is 94.8 Å². The number of Topliss-reactive ketones (excluding diaryl/α,β-unsaturated/α-hetero) is 1. The van der Waals surface area contributed by atoms with Crippen LogP contribution in [-0.2, 0) is 23.9 Å². The zero-order valence-corrected chi connectivity index (χ0v) is 21.5. The highest BCUT2D eigenvalue weighted by atomic mass is 32.1. The quantitative estimate of drug-likeness (QED) is 0.378. The number of ether oxygens (including phenoxy) is 2. The van der Waals surface area contributed by atoms with Crippen LogP contribution >= 0.6 is 11.3 Å². The van der Waals surface area contributed by atoms with E-state index in [-0.39, 0.29) is 29.1 Å². The maximum Gasteiger partial charge on any atom is 0.338 e. The first-order valence-electron chi connectivity index (χ1n) is 11.9. The van der Waals surface area contributed by atoms with E-state index in [4.69, 9.17) is 15.2 Å². The van der Waals surface area contributed by atoms with Gasteiger partial charge in [-0.1, -0.05) is 48.5 Å². The van der Waals surface area contributed by atoms with Gasteiger partial charge in [-0.3, -0.25) is 14.5 Å². The van der Waals surface area contributed by atoms with Gasteiger partial charge in [0.15, 0.2) is 5.78 Å². The number of carbonyl (C=O) groups excluding carboxylic acids is 3. The smallest absolute Gasteiger partial charge is 0.338 e. The highest BCUT2D eigenvalue weighted by Crippen LogP contribution is 2.52. The Labute approximate surface area is 223 Å². The van der Waals surface area contributed by atoms with Crippen LogP contribution < -0.4 is 10.6 Å². The fraction of sp³-hybridized carbons (Fsp3) is 0.207. The summed E-state index contributed by atoms with van der Waals surface area (Å²) in [6, 6.07) is 18.8.